The maximum absolute atomic E-state index is 12.4. The van der Waals surface area contributed by atoms with Crippen LogP contribution in [0.15, 0.2) is 47.5 Å². The second kappa shape index (κ2) is 6.43. The molecule has 2 rings (SSSR count). The van der Waals surface area contributed by atoms with Crippen molar-refractivity contribution in [1.29, 1.82) is 0 Å². The quantitative estimate of drug-likeness (QED) is 0.858. The third-order valence-electron chi connectivity index (χ3n) is 2.76. The highest BCUT2D eigenvalue weighted by Gasteiger charge is 2.16. The molecule has 0 saturated carbocycles. The number of hydrogen-bond acceptors (Lipinski definition) is 4. The molecule has 112 valence electrons. The minimum Gasteiger partial charge on any atom is -0.305 e. The molecule has 0 atom stereocenters. The summed E-state index contributed by atoms with van der Waals surface area (Å²) in [4.78, 5) is 5.84. The maximum Gasteiger partial charge on any atom is 0.262 e. The molecule has 21 heavy (non-hydrogen) atoms. The van der Waals surface area contributed by atoms with Crippen molar-refractivity contribution in [2.45, 2.75) is 11.4 Å². The van der Waals surface area contributed by atoms with Gasteiger partial charge in [0.2, 0.25) is 0 Å². The van der Waals surface area contributed by atoms with E-state index in [1.165, 1.54) is 18.3 Å². The minimum atomic E-state index is -3.69. The van der Waals surface area contributed by atoms with Crippen LogP contribution in [0.5, 0.6) is 0 Å². The Balaban J connectivity index is 2.33. The first kappa shape index (κ1) is 15.8. The summed E-state index contributed by atoms with van der Waals surface area (Å²) in [6.45, 7) is 0.635. The minimum absolute atomic E-state index is 0.0853. The first-order valence-corrected chi connectivity index (χ1v) is 8.11. The molecule has 0 aliphatic heterocycles. The molecule has 1 heterocycles. The van der Waals surface area contributed by atoms with E-state index in [1.807, 2.05) is 31.1 Å². The van der Waals surface area contributed by atoms with Crippen molar-refractivity contribution in [1.82, 2.24) is 9.88 Å². The Morgan fingerprint density at radius 2 is 1.95 bits per heavy atom. The molecule has 7 heteroatoms. The van der Waals surface area contributed by atoms with Crippen molar-refractivity contribution in [2.24, 2.45) is 0 Å². The second-order valence-electron chi connectivity index (χ2n) is 4.81. The Bertz CT molecular complexity index is 733. The molecule has 0 fully saturated rings. The molecule has 1 N–H and O–H groups in total. The van der Waals surface area contributed by atoms with Gasteiger partial charge in [-0.2, -0.15) is 0 Å². The zero-order valence-electron chi connectivity index (χ0n) is 11.7. The molecular formula is C14H16ClN3O2S. The van der Waals surface area contributed by atoms with Gasteiger partial charge in [0.1, 0.15) is 5.15 Å². The van der Waals surface area contributed by atoms with Crippen molar-refractivity contribution in [2.75, 3.05) is 18.8 Å². The van der Waals surface area contributed by atoms with Gasteiger partial charge in [0.15, 0.2) is 0 Å². The van der Waals surface area contributed by atoms with E-state index in [4.69, 9.17) is 11.6 Å². The van der Waals surface area contributed by atoms with Gasteiger partial charge >= 0.3 is 0 Å². The molecule has 0 saturated heterocycles. The van der Waals surface area contributed by atoms with Crippen LogP contribution in [-0.2, 0) is 16.6 Å². The van der Waals surface area contributed by atoms with Gasteiger partial charge in [-0.3, -0.25) is 4.72 Å². The van der Waals surface area contributed by atoms with Crippen molar-refractivity contribution in [3.05, 3.63) is 53.3 Å². The third kappa shape index (κ3) is 4.17. The number of benzene rings is 1. The van der Waals surface area contributed by atoms with Gasteiger partial charge in [0.25, 0.3) is 10.0 Å². The fraction of sp³-hybridized carbons (Fsp3) is 0.214. The summed E-state index contributed by atoms with van der Waals surface area (Å²) in [6, 6.07) is 10.0. The summed E-state index contributed by atoms with van der Waals surface area (Å²) >= 11 is 5.74. The van der Waals surface area contributed by atoms with Crippen LogP contribution in [0.3, 0.4) is 0 Å². The Hall–Kier alpha value is -1.63. The molecule has 1 aromatic carbocycles. The molecule has 0 aliphatic carbocycles. The predicted octanol–water partition coefficient (Wildman–Crippen LogP) is 2.60. The van der Waals surface area contributed by atoms with Crippen LogP contribution in [0.1, 0.15) is 5.56 Å². The van der Waals surface area contributed by atoms with Crippen LogP contribution >= 0.6 is 11.6 Å². The summed E-state index contributed by atoms with van der Waals surface area (Å²) in [5, 5.41) is 0.138. The Kier molecular flexibility index (Phi) is 4.82. The van der Waals surface area contributed by atoms with E-state index in [9.17, 15) is 8.42 Å². The first-order chi connectivity index (χ1) is 9.88. The Labute approximate surface area is 129 Å². The van der Waals surface area contributed by atoms with Gasteiger partial charge in [-0.1, -0.05) is 29.8 Å². The lowest BCUT2D eigenvalue weighted by atomic mass is 10.2. The molecule has 1 aromatic heterocycles. The lowest BCUT2D eigenvalue weighted by molar-refractivity contribution is 0.403. The number of nitrogens with zero attached hydrogens (tertiary/aromatic N) is 2. The number of aromatic nitrogens is 1. The highest BCUT2D eigenvalue weighted by molar-refractivity contribution is 7.92. The summed E-state index contributed by atoms with van der Waals surface area (Å²) < 4.78 is 27.4. The third-order valence-corrected chi connectivity index (χ3v) is 4.33. The fourth-order valence-electron chi connectivity index (χ4n) is 1.85. The number of halogens is 1. The molecule has 0 bridgehead atoms. The van der Waals surface area contributed by atoms with Crippen LogP contribution in [0.4, 0.5) is 5.69 Å². The molecule has 0 spiro atoms. The van der Waals surface area contributed by atoms with Crippen molar-refractivity contribution < 1.29 is 8.42 Å². The number of anilines is 1. The van der Waals surface area contributed by atoms with Gasteiger partial charge in [0, 0.05) is 12.7 Å². The molecule has 0 aliphatic rings. The van der Waals surface area contributed by atoms with Gasteiger partial charge in [-0.15, -0.1) is 0 Å². The van der Waals surface area contributed by atoms with E-state index in [0.29, 0.717) is 12.2 Å². The van der Waals surface area contributed by atoms with E-state index in [0.717, 1.165) is 5.56 Å². The smallest absolute Gasteiger partial charge is 0.262 e. The number of rotatable bonds is 5. The van der Waals surface area contributed by atoms with E-state index >= 15 is 0 Å². The van der Waals surface area contributed by atoms with Crippen molar-refractivity contribution in [3.8, 4) is 0 Å². The number of hydrogen-bond donors (Lipinski definition) is 1. The van der Waals surface area contributed by atoms with Crippen LogP contribution < -0.4 is 4.72 Å². The van der Waals surface area contributed by atoms with E-state index in [2.05, 4.69) is 9.71 Å². The van der Waals surface area contributed by atoms with Crippen LogP contribution in [0, 0.1) is 0 Å². The van der Waals surface area contributed by atoms with Crippen molar-refractivity contribution in [3.63, 3.8) is 0 Å². The van der Waals surface area contributed by atoms with E-state index in [-0.39, 0.29) is 10.0 Å². The lowest BCUT2D eigenvalue weighted by Crippen LogP contribution is -2.17. The normalized spacial score (nSPS) is 11.6. The highest BCUT2D eigenvalue weighted by Crippen LogP contribution is 2.21. The molecule has 0 unspecified atom stereocenters. The average molecular weight is 326 g/mol. The van der Waals surface area contributed by atoms with E-state index in [1.54, 1.807) is 12.1 Å². The summed E-state index contributed by atoms with van der Waals surface area (Å²) in [5.41, 5.74) is 1.45. The van der Waals surface area contributed by atoms with Gasteiger partial charge < -0.3 is 4.90 Å². The zero-order chi connectivity index (χ0) is 15.5. The van der Waals surface area contributed by atoms with Crippen LogP contribution in [-0.4, -0.2) is 32.4 Å². The summed E-state index contributed by atoms with van der Waals surface area (Å²) in [5.74, 6) is 0. The number of para-hydroxylation sites is 1. The SMILES string of the molecule is CN(C)Cc1ccccc1NS(=O)(=O)c1ccnc(Cl)c1. The largest absolute Gasteiger partial charge is 0.305 e. The number of nitrogens with one attached hydrogen (secondary N) is 1. The fourth-order valence-corrected chi connectivity index (χ4v) is 3.21. The van der Waals surface area contributed by atoms with Gasteiger partial charge in [-0.25, -0.2) is 13.4 Å². The Morgan fingerprint density at radius 1 is 1.24 bits per heavy atom. The first-order valence-electron chi connectivity index (χ1n) is 6.25. The summed E-state index contributed by atoms with van der Waals surface area (Å²) in [6.07, 6.45) is 1.36. The monoisotopic (exact) mass is 325 g/mol. The topological polar surface area (TPSA) is 62.3 Å². The van der Waals surface area contributed by atoms with E-state index < -0.39 is 10.0 Å². The van der Waals surface area contributed by atoms with Crippen molar-refractivity contribution >= 4 is 27.3 Å². The van der Waals surface area contributed by atoms with Gasteiger partial charge in [0.05, 0.1) is 10.6 Å². The standard InChI is InChI=1S/C14H16ClN3O2S/c1-18(2)10-11-5-3-4-6-13(11)17-21(19,20)12-7-8-16-14(15)9-12/h3-9,17H,10H2,1-2H3. The maximum atomic E-state index is 12.4. The van der Waals surface area contributed by atoms with Crippen LogP contribution in [0.25, 0.3) is 0 Å². The lowest BCUT2D eigenvalue weighted by Gasteiger charge is -2.15. The molecule has 0 amide bonds. The number of pyridine rings is 1. The molecule has 2 aromatic rings. The second-order valence-corrected chi connectivity index (χ2v) is 6.88. The Morgan fingerprint density at radius 3 is 2.62 bits per heavy atom. The summed E-state index contributed by atoms with van der Waals surface area (Å²) in [7, 11) is 0.162. The zero-order valence-corrected chi connectivity index (χ0v) is 13.3. The predicted molar refractivity (Wildman–Crippen MR) is 83.9 cm³/mol. The average Bonchev–Trinajstić information content (AvgIpc) is 2.40. The molecule has 0 radical (unpaired) electrons. The van der Waals surface area contributed by atoms with Crippen LogP contribution in [0.2, 0.25) is 5.15 Å². The van der Waals surface area contributed by atoms with Gasteiger partial charge in [-0.05, 0) is 37.9 Å². The number of sulfonamides is 1. The molecular weight excluding hydrogens is 310 g/mol. The molecule has 5 nitrogen and oxygen atoms in total. The highest BCUT2D eigenvalue weighted by atomic mass is 35.5.